The average molecular weight is 339 g/mol. The third-order valence-corrected chi connectivity index (χ3v) is 2.80. The van der Waals surface area contributed by atoms with Crippen LogP contribution in [0.2, 0.25) is 0 Å². The van der Waals surface area contributed by atoms with Crippen LogP contribution in [0.5, 0.6) is 5.75 Å². The second-order valence-corrected chi connectivity index (χ2v) is 4.65. The van der Waals surface area contributed by atoms with Crippen molar-refractivity contribution in [3.63, 3.8) is 0 Å². The normalized spacial score (nSPS) is 13.0. The molecule has 0 heterocycles. The highest BCUT2D eigenvalue weighted by molar-refractivity contribution is 5.85. The van der Waals surface area contributed by atoms with Crippen LogP contribution in [-0.4, -0.2) is 38.3 Å². The largest absolute Gasteiger partial charge is 0.488 e. The number of ether oxygens (including phenoxy) is 2. The summed E-state index contributed by atoms with van der Waals surface area (Å²) in [4.78, 5) is 11.7. The molecule has 22 heavy (non-hydrogen) atoms. The van der Waals surface area contributed by atoms with Crippen molar-refractivity contribution in [2.45, 2.75) is 25.5 Å². The van der Waals surface area contributed by atoms with Crippen molar-refractivity contribution in [2.75, 3.05) is 20.3 Å². The van der Waals surface area contributed by atoms with Crippen molar-refractivity contribution < 1.29 is 23.0 Å². The van der Waals surface area contributed by atoms with Gasteiger partial charge in [-0.2, -0.15) is 0 Å². The van der Waals surface area contributed by atoms with E-state index in [1.165, 1.54) is 13.2 Å². The summed E-state index contributed by atoms with van der Waals surface area (Å²) >= 11 is 0. The molecule has 0 bridgehead atoms. The SMILES string of the molecule is COC(CN)CC(=O)NC(C)COc1ccc(F)cc1F.Cl. The first-order valence-corrected chi connectivity index (χ1v) is 6.56. The molecule has 8 heteroatoms. The number of carbonyl (C=O) groups is 1. The highest BCUT2D eigenvalue weighted by Crippen LogP contribution is 2.17. The number of hydrogen-bond acceptors (Lipinski definition) is 4. The molecular weight excluding hydrogens is 318 g/mol. The first-order valence-electron chi connectivity index (χ1n) is 6.56. The monoisotopic (exact) mass is 338 g/mol. The average Bonchev–Trinajstić information content (AvgIpc) is 2.43. The Morgan fingerprint density at radius 3 is 2.64 bits per heavy atom. The van der Waals surface area contributed by atoms with Crippen LogP contribution in [0.3, 0.4) is 0 Å². The lowest BCUT2D eigenvalue weighted by molar-refractivity contribution is -0.124. The van der Waals surface area contributed by atoms with Crippen LogP contribution in [0, 0.1) is 11.6 Å². The number of carbonyl (C=O) groups excluding carboxylic acids is 1. The molecule has 0 radical (unpaired) electrons. The van der Waals surface area contributed by atoms with Gasteiger partial charge in [0.05, 0.1) is 18.6 Å². The second kappa shape index (κ2) is 10.3. The predicted octanol–water partition coefficient (Wildman–Crippen LogP) is 1.63. The molecule has 1 aromatic rings. The van der Waals surface area contributed by atoms with E-state index in [-0.39, 0.29) is 55.8 Å². The molecule has 0 aliphatic heterocycles. The van der Waals surface area contributed by atoms with Crippen LogP contribution >= 0.6 is 12.4 Å². The van der Waals surface area contributed by atoms with Gasteiger partial charge in [0.1, 0.15) is 12.4 Å². The highest BCUT2D eigenvalue weighted by atomic mass is 35.5. The molecule has 0 aromatic heterocycles. The van der Waals surface area contributed by atoms with E-state index in [1.54, 1.807) is 6.92 Å². The van der Waals surface area contributed by atoms with Crippen molar-refractivity contribution in [2.24, 2.45) is 5.73 Å². The Morgan fingerprint density at radius 2 is 2.09 bits per heavy atom. The smallest absolute Gasteiger partial charge is 0.222 e. The summed E-state index contributed by atoms with van der Waals surface area (Å²) in [5, 5.41) is 2.68. The van der Waals surface area contributed by atoms with Crippen molar-refractivity contribution >= 4 is 18.3 Å². The van der Waals surface area contributed by atoms with Gasteiger partial charge >= 0.3 is 0 Å². The van der Waals surface area contributed by atoms with E-state index in [1.807, 2.05) is 0 Å². The quantitative estimate of drug-likeness (QED) is 0.755. The molecule has 0 aliphatic carbocycles. The van der Waals surface area contributed by atoms with Gasteiger partial charge in [-0.3, -0.25) is 4.79 Å². The molecule has 1 rings (SSSR count). The summed E-state index contributed by atoms with van der Waals surface area (Å²) in [5.41, 5.74) is 5.42. The Balaban J connectivity index is 0.00000441. The number of hydrogen-bond donors (Lipinski definition) is 2. The molecule has 3 N–H and O–H groups in total. The maximum absolute atomic E-state index is 13.3. The molecule has 126 valence electrons. The van der Waals surface area contributed by atoms with E-state index >= 15 is 0 Å². The van der Waals surface area contributed by atoms with Gasteiger partial charge in [-0.05, 0) is 19.1 Å². The molecular formula is C14H21ClF2N2O3. The molecule has 0 aliphatic rings. The van der Waals surface area contributed by atoms with Crippen LogP contribution in [0.4, 0.5) is 8.78 Å². The Bertz CT molecular complexity index is 473. The predicted molar refractivity (Wildman–Crippen MR) is 81.2 cm³/mol. The third-order valence-electron chi connectivity index (χ3n) is 2.80. The minimum Gasteiger partial charge on any atom is -0.488 e. The molecule has 2 unspecified atom stereocenters. The van der Waals surface area contributed by atoms with Crippen molar-refractivity contribution in [1.82, 2.24) is 5.32 Å². The molecule has 0 saturated heterocycles. The Morgan fingerprint density at radius 1 is 1.41 bits per heavy atom. The van der Waals surface area contributed by atoms with E-state index in [0.717, 1.165) is 12.1 Å². The summed E-state index contributed by atoms with van der Waals surface area (Å²) < 4.78 is 36.3. The summed E-state index contributed by atoms with van der Waals surface area (Å²) in [5.74, 6) is -1.75. The number of nitrogens with one attached hydrogen (secondary N) is 1. The number of rotatable bonds is 8. The van der Waals surface area contributed by atoms with Crippen molar-refractivity contribution in [1.29, 1.82) is 0 Å². The van der Waals surface area contributed by atoms with E-state index < -0.39 is 11.6 Å². The number of benzene rings is 1. The standard InChI is InChI=1S/C14H20F2N2O3.ClH/c1-9(18-14(19)6-11(7-17)20-2)8-21-13-4-3-10(15)5-12(13)16;/h3-5,9,11H,6-8,17H2,1-2H3,(H,18,19);1H. The third kappa shape index (κ3) is 7.02. The van der Waals surface area contributed by atoms with Gasteiger partial charge in [-0.25, -0.2) is 8.78 Å². The van der Waals surface area contributed by atoms with Gasteiger partial charge in [-0.15, -0.1) is 12.4 Å². The van der Waals surface area contributed by atoms with Gasteiger partial charge in [0, 0.05) is 19.7 Å². The summed E-state index contributed by atoms with van der Waals surface area (Å²) in [7, 11) is 1.48. The topological polar surface area (TPSA) is 73.6 Å². The van der Waals surface area contributed by atoms with Crippen LogP contribution < -0.4 is 15.8 Å². The van der Waals surface area contributed by atoms with Crippen molar-refractivity contribution in [3.8, 4) is 5.75 Å². The van der Waals surface area contributed by atoms with Gasteiger partial charge in [0.25, 0.3) is 0 Å². The van der Waals surface area contributed by atoms with E-state index in [2.05, 4.69) is 5.32 Å². The number of methoxy groups -OCH3 is 1. The first kappa shape index (κ1) is 20.6. The molecule has 1 aromatic carbocycles. The summed E-state index contributed by atoms with van der Waals surface area (Å²) in [6.07, 6.45) is -0.199. The molecule has 5 nitrogen and oxygen atoms in total. The maximum atomic E-state index is 13.3. The zero-order valence-electron chi connectivity index (χ0n) is 12.5. The van der Waals surface area contributed by atoms with Gasteiger partial charge < -0.3 is 20.5 Å². The van der Waals surface area contributed by atoms with E-state index in [9.17, 15) is 13.6 Å². The van der Waals surface area contributed by atoms with Crippen molar-refractivity contribution in [3.05, 3.63) is 29.8 Å². The Labute approximate surface area is 134 Å². The van der Waals surface area contributed by atoms with Crippen LogP contribution in [0.15, 0.2) is 18.2 Å². The minimum atomic E-state index is -0.781. The minimum absolute atomic E-state index is 0. The molecule has 2 atom stereocenters. The number of nitrogens with two attached hydrogens (primary N) is 1. The lowest BCUT2D eigenvalue weighted by Crippen LogP contribution is -2.39. The zero-order chi connectivity index (χ0) is 15.8. The lowest BCUT2D eigenvalue weighted by atomic mass is 10.2. The molecule has 0 fully saturated rings. The van der Waals surface area contributed by atoms with Crippen LogP contribution in [0.25, 0.3) is 0 Å². The molecule has 0 saturated carbocycles. The maximum Gasteiger partial charge on any atom is 0.222 e. The Hall–Kier alpha value is -1.44. The van der Waals surface area contributed by atoms with Gasteiger partial charge in [0.2, 0.25) is 5.91 Å². The lowest BCUT2D eigenvalue weighted by Gasteiger charge is -2.17. The number of halogens is 3. The van der Waals surface area contributed by atoms with Gasteiger partial charge in [-0.1, -0.05) is 0 Å². The van der Waals surface area contributed by atoms with Crippen LogP contribution in [-0.2, 0) is 9.53 Å². The summed E-state index contributed by atoms with van der Waals surface area (Å²) in [6, 6.07) is 2.71. The van der Waals surface area contributed by atoms with Gasteiger partial charge in [0.15, 0.2) is 11.6 Å². The Kier molecular flexibility index (Phi) is 9.64. The molecule has 1 amide bonds. The molecule has 0 spiro atoms. The van der Waals surface area contributed by atoms with E-state index in [4.69, 9.17) is 15.2 Å². The second-order valence-electron chi connectivity index (χ2n) is 4.65. The fraction of sp³-hybridized carbons (Fsp3) is 0.500. The zero-order valence-corrected chi connectivity index (χ0v) is 13.3. The fourth-order valence-corrected chi connectivity index (χ4v) is 1.65. The highest BCUT2D eigenvalue weighted by Gasteiger charge is 2.14. The van der Waals surface area contributed by atoms with E-state index in [0.29, 0.717) is 0 Å². The number of amides is 1. The summed E-state index contributed by atoms with van der Waals surface area (Å²) in [6.45, 7) is 2.02. The van der Waals surface area contributed by atoms with Crippen LogP contribution in [0.1, 0.15) is 13.3 Å². The fourth-order valence-electron chi connectivity index (χ4n) is 1.65. The first-order chi connectivity index (χ1) is 9.96.